The van der Waals surface area contributed by atoms with Gasteiger partial charge in [-0.2, -0.15) is 0 Å². The number of carbonyl (C=O) groups excluding carboxylic acids is 1. The summed E-state index contributed by atoms with van der Waals surface area (Å²) < 4.78 is 9.48. The normalized spacial score (nSPS) is 16.1. The number of nitrogens with one attached hydrogen (secondary N) is 1. The summed E-state index contributed by atoms with van der Waals surface area (Å²) in [4.78, 5) is 26.9. The number of carbonyl (C=O) groups is 1. The smallest absolute Gasteiger partial charge is 0.338 e. The van der Waals surface area contributed by atoms with Gasteiger partial charge in [0, 0.05) is 29.3 Å². The molecule has 226 valence electrons. The number of hydrogen-bond donors (Lipinski definition) is 1. The Morgan fingerprint density at radius 2 is 1.77 bits per heavy atom. The van der Waals surface area contributed by atoms with Crippen molar-refractivity contribution in [2.75, 3.05) is 6.61 Å². The minimum Gasteiger partial charge on any atom is -0.462 e. The van der Waals surface area contributed by atoms with Crippen LogP contribution in [0, 0.1) is 0 Å². The molecule has 2 atom stereocenters. The van der Waals surface area contributed by atoms with Gasteiger partial charge in [0.25, 0.3) is 5.56 Å². The lowest BCUT2D eigenvalue weighted by atomic mass is 9.96. The van der Waals surface area contributed by atoms with Crippen LogP contribution in [0.15, 0.2) is 77.6 Å². The van der Waals surface area contributed by atoms with Gasteiger partial charge < -0.3 is 4.74 Å². The van der Waals surface area contributed by atoms with Crippen molar-refractivity contribution in [1.82, 2.24) is 30.0 Å². The first-order valence-electron chi connectivity index (χ1n) is 15.5. The maximum absolute atomic E-state index is 14.3. The molecule has 44 heavy (non-hydrogen) atoms. The van der Waals surface area contributed by atoms with Crippen LogP contribution in [0.5, 0.6) is 0 Å². The molecule has 2 unspecified atom stereocenters. The van der Waals surface area contributed by atoms with E-state index in [0.717, 1.165) is 71.2 Å². The number of rotatable bonds is 10. The van der Waals surface area contributed by atoms with Crippen molar-refractivity contribution in [2.24, 2.45) is 0 Å². The third kappa shape index (κ3) is 5.62. The molecule has 5 aromatic rings. The zero-order valence-corrected chi connectivity index (χ0v) is 25.5. The van der Waals surface area contributed by atoms with E-state index in [1.54, 1.807) is 13.0 Å². The highest BCUT2D eigenvalue weighted by Gasteiger charge is 2.32. The van der Waals surface area contributed by atoms with Gasteiger partial charge in [0.15, 0.2) is 5.82 Å². The van der Waals surface area contributed by atoms with Crippen LogP contribution >= 0.6 is 0 Å². The first kappa shape index (κ1) is 29.3. The fourth-order valence-corrected chi connectivity index (χ4v) is 6.45. The van der Waals surface area contributed by atoms with Gasteiger partial charge >= 0.3 is 5.97 Å². The summed E-state index contributed by atoms with van der Waals surface area (Å²) in [5.41, 5.74) is 7.61. The van der Waals surface area contributed by atoms with Gasteiger partial charge in [-0.1, -0.05) is 74.0 Å². The number of fused-ring (bicyclic) bond motifs is 1. The van der Waals surface area contributed by atoms with E-state index in [-0.39, 0.29) is 23.6 Å². The van der Waals surface area contributed by atoms with Gasteiger partial charge in [0.1, 0.15) is 0 Å². The average molecular weight is 591 g/mol. The summed E-state index contributed by atoms with van der Waals surface area (Å²) >= 11 is 0. The van der Waals surface area contributed by atoms with Crippen molar-refractivity contribution in [1.29, 1.82) is 0 Å². The van der Waals surface area contributed by atoms with Crippen molar-refractivity contribution < 1.29 is 9.53 Å². The Labute approximate surface area is 256 Å². The molecule has 9 nitrogen and oxygen atoms in total. The Hall–Kier alpha value is -4.79. The number of esters is 1. The molecule has 3 aromatic carbocycles. The topological polar surface area (TPSA) is 108 Å². The van der Waals surface area contributed by atoms with Crippen molar-refractivity contribution in [3.8, 4) is 22.5 Å². The first-order valence-corrected chi connectivity index (χ1v) is 15.5. The van der Waals surface area contributed by atoms with E-state index in [9.17, 15) is 9.59 Å². The van der Waals surface area contributed by atoms with Crippen molar-refractivity contribution in [3.63, 3.8) is 0 Å². The van der Waals surface area contributed by atoms with Crippen LogP contribution in [0.25, 0.3) is 22.5 Å². The number of aromatic nitrogens is 6. The predicted molar refractivity (Wildman–Crippen MR) is 170 cm³/mol. The average Bonchev–Trinajstić information content (AvgIpc) is 3.69. The van der Waals surface area contributed by atoms with Gasteiger partial charge in [-0.3, -0.25) is 9.48 Å². The molecule has 6 rings (SSSR count). The number of nitrogens with zero attached hydrogens (tertiary/aromatic N) is 5. The first-order chi connectivity index (χ1) is 21.5. The molecule has 3 heterocycles. The summed E-state index contributed by atoms with van der Waals surface area (Å²) in [5, 5.41) is 14.4. The summed E-state index contributed by atoms with van der Waals surface area (Å²) in [6.45, 7) is 6.52. The molecule has 9 heteroatoms. The molecule has 1 aliphatic heterocycles. The number of tetrazole rings is 1. The highest BCUT2D eigenvalue weighted by molar-refractivity contribution is 5.89. The summed E-state index contributed by atoms with van der Waals surface area (Å²) in [7, 11) is 0. The number of benzene rings is 3. The number of ether oxygens (including phenoxy) is 1. The lowest BCUT2D eigenvalue weighted by Gasteiger charge is -2.33. The van der Waals surface area contributed by atoms with E-state index in [1.165, 1.54) is 0 Å². The highest BCUT2D eigenvalue weighted by atomic mass is 16.5. The Morgan fingerprint density at radius 1 is 0.977 bits per heavy atom. The zero-order chi connectivity index (χ0) is 30.6. The molecule has 0 saturated heterocycles. The van der Waals surface area contributed by atoms with Gasteiger partial charge in [0.05, 0.1) is 18.2 Å². The molecule has 0 amide bonds. The number of hydrogen-bond acceptors (Lipinski definition) is 6. The molecule has 0 fully saturated rings. The molecule has 1 aliphatic rings. The predicted octanol–water partition coefficient (Wildman–Crippen LogP) is 6.55. The molecule has 0 saturated carbocycles. The number of unbranched alkanes of at least 4 members (excludes halogenated alkanes) is 1. The lowest BCUT2D eigenvalue weighted by Crippen LogP contribution is -2.35. The maximum Gasteiger partial charge on any atom is 0.338 e. The van der Waals surface area contributed by atoms with E-state index in [1.807, 2.05) is 41.1 Å². The van der Waals surface area contributed by atoms with Crippen LogP contribution in [-0.2, 0) is 17.6 Å². The summed E-state index contributed by atoms with van der Waals surface area (Å²) in [6, 6.07) is 24.1. The molecule has 0 radical (unpaired) electrons. The van der Waals surface area contributed by atoms with Crippen LogP contribution < -0.4 is 5.56 Å². The minimum atomic E-state index is -0.339. The molecule has 2 aromatic heterocycles. The van der Waals surface area contributed by atoms with Gasteiger partial charge in [-0.05, 0) is 84.3 Å². The second kappa shape index (κ2) is 12.8. The Kier molecular flexibility index (Phi) is 8.54. The second-order valence-electron chi connectivity index (χ2n) is 11.5. The lowest BCUT2D eigenvalue weighted by molar-refractivity contribution is 0.0526. The van der Waals surface area contributed by atoms with Crippen molar-refractivity contribution in [2.45, 2.75) is 71.4 Å². The summed E-state index contributed by atoms with van der Waals surface area (Å²) in [6.07, 6.45) is 5.26. The Morgan fingerprint density at radius 3 is 2.50 bits per heavy atom. The fraction of sp³-hybridized carbons (Fsp3) is 0.343. The van der Waals surface area contributed by atoms with Crippen molar-refractivity contribution in [3.05, 3.63) is 111 Å². The SMILES string of the molecule is CCCCc1c(Cc2ccc(-c3ccccc3-c3nnn[nH]3)cc2)c(=O)n2n1C(C)CCC2c1cccc(C(=O)OCC)c1. The zero-order valence-electron chi connectivity index (χ0n) is 25.5. The molecule has 0 aliphatic carbocycles. The van der Waals surface area contributed by atoms with E-state index in [0.29, 0.717) is 24.4 Å². The molecular formula is C35H38N6O3. The van der Waals surface area contributed by atoms with E-state index in [2.05, 4.69) is 69.5 Å². The highest BCUT2D eigenvalue weighted by Crippen LogP contribution is 2.35. The van der Waals surface area contributed by atoms with Crippen LogP contribution in [0.3, 0.4) is 0 Å². The van der Waals surface area contributed by atoms with Gasteiger partial charge in [-0.25, -0.2) is 14.6 Å². The maximum atomic E-state index is 14.3. The third-order valence-corrected chi connectivity index (χ3v) is 8.62. The van der Waals surface area contributed by atoms with Crippen LogP contribution in [-0.4, -0.2) is 42.6 Å². The Bertz CT molecular complexity index is 1800. The van der Waals surface area contributed by atoms with E-state index < -0.39 is 0 Å². The number of aromatic amines is 1. The third-order valence-electron chi connectivity index (χ3n) is 8.62. The largest absolute Gasteiger partial charge is 0.462 e. The monoisotopic (exact) mass is 590 g/mol. The molecule has 1 N–H and O–H groups in total. The van der Waals surface area contributed by atoms with E-state index >= 15 is 0 Å². The van der Waals surface area contributed by atoms with Crippen LogP contribution in [0.2, 0.25) is 0 Å². The fourth-order valence-electron chi connectivity index (χ4n) is 6.45. The standard InChI is InChI=1S/C35H38N6O3/c1-4-6-14-32-30(21-24-16-18-25(19-17-24)28-12-7-8-13-29(28)33-36-38-39-37-33)34(42)41-31(20-15-23(3)40(32)41)26-10-9-11-27(22-26)35(43)44-5-2/h7-13,16-19,22-23,31H,4-6,14-15,20-21H2,1-3H3,(H,36,37,38,39). The molecule has 0 bridgehead atoms. The molecular weight excluding hydrogens is 552 g/mol. The van der Waals surface area contributed by atoms with E-state index in [4.69, 9.17) is 4.74 Å². The van der Waals surface area contributed by atoms with Crippen LogP contribution in [0.4, 0.5) is 0 Å². The van der Waals surface area contributed by atoms with Crippen LogP contribution in [0.1, 0.15) is 91.3 Å². The van der Waals surface area contributed by atoms with Crippen molar-refractivity contribution >= 4 is 5.97 Å². The minimum absolute atomic E-state index is 0.0569. The summed E-state index contributed by atoms with van der Waals surface area (Å²) in [5.74, 6) is 0.281. The Balaban J connectivity index is 1.37. The van der Waals surface area contributed by atoms with Gasteiger partial charge in [-0.15, -0.1) is 5.10 Å². The molecule has 0 spiro atoms. The van der Waals surface area contributed by atoms with Gasteiger partial charge in [0.2, 0.25) is 0 Å². The number of H-pyrrole nitrogens is 1. The quantitative estimate of drug-likeness (QED) is 0.185. The second-order valence-corrected chi connectivity index (χ2v) is 11.5.